The summed E-state index contributed by atoms with van der Waals surface area (Å²) in [7, 11) is 0. The van der Waals surface area contributed by atoms with Gasteiger partial charge in [-0.1, -0.05) is 42.5 Å². The Balaban J connectivity index is 1.97. The largest absolute Gasteiger partial charge is 0.508 e. The number of aromatic nitrogens is 1. The molecule has 1 N–H and O–H groups in total. The number of fused-ring (bicyclic) bond motifs is 2. The van der Waals surface area contributed by atoms with Crippen molar-refractivity contribution in [2.45, 2.75) is 12.8 Å². The maximum atomic E-state index is 9.74. The summed E-state index contributed by atoms with van der Waals surface area (Å²) in [5, 5.41) is 9.74. The molecule has 1 heterocycles. The van der Waals surface area contributed by atoms with Crippen LogP contribution in [0.2, 0.25) is 0 Å². The van der Waals surface area contributed by atoms with Gasteiger partial charge in [0.1, 0.15) is 5.75 Å². The van der Waals surface area contributed by atoms with Crippen LogP contribution in [0.15, 0.2) is 66.9 Å². The molecule has 0 radical (unpaired) electrons. The average Bonchev–Trinajstić information content (AvgIpc) is 2.73. The van der Waals surface area contributed by atoms with E-state index < -0.39 is 0 Å². The van der Waals surface area contributed by atoms with Crippen molar-refractivity contribution in [3.05, 3.63) is 94.8 Å². The molecule has 2 aromatic carbocycles. The van der Waals surface area contributed by atoms with Crippen molar-refractivity contribution in [3.8, 4) is 5.75 Å². The van der Waals surface area contributed by atoms with E-state index in [1.54, 1.807) is 12.1 Å². The molecule has 0 atom stereocenters. The molecular weight excluding hydrogens is 282 g/mol. The second-order valence-electron chi connectivity index (χ2n) is 5.82. The van der Waals surface area contributed by atoms with Gasteiger partial charge >= 0.3 is 0 Å². The number of hydrogen-bond acceptors (Lipinski definition) is 2. The van der Waals surface area contributed by atoms with Crippen LogP contribution >= 0.6 is 0 Å². The number of rotatable bonds is 1. The highest BCUT2D eigenvalue weighted by molar-refractivity contribution is 5.92. The monoisotopic (exact) mass is 299 g/mol. The van der Waals surface area contributed by atoms with E-state index in [9.17, 15) is 5.11 Å². The normalized spacial score (nSPS) is 14.9. The summed E-state index contributed by atoms with van der Waals surface area (Å²) in [5.41, 5.74) is 6.99. The van der Waals surface area contributed by atoms with Crippen molar-refractivity contribution in [1.29, 1.82) is 0 Å². The molecule has 23 heavy (non-hydrogen) atoms. The van der Waals surface area contributed by atoms with Crippen LogP contribution in [0.4, 0.5) is 0 Å². The van der Waals surface area contributed by atoms with Crippen LogP contribution in [0.25, 0.3) is 11.6 Å². The van der Waals surface area contributed by atoms with E-state index in [1.807, 2.05) is 24.4 Å². The van der Waals surface area contributed by atoms with Crippen LogP contribution in [-0.4, -0.2) is 10.1 Å². The van der Waals surface area contributed by atoms with Crippen LogP contribution < -0.4 is 0 Å². The van der Waals surface area contributed by atoms with Gasteiger partial charge in [0.05, 0.1) is 5.69 Å². The van der Waals surface area contributed by atoms with Gasteiger partial charge in [-0.3, -0.25) is 4.98 Å². The zero-order chi connectivity index (χ0) is 15.6. The molecular formula is C21H17NO. The molecule has 3 aromatic rings. The fraction of sp³-hybridized carbons (Fsp3) is 0.0952. The molecule has 4 rings (SSSR count). The Morgan fingerprint density at radius 1 is 0.870 bits per heavy atom. The van der Waals surface area contributed by atoms with Crippen LogP contribution in [0, 0.1) is 0 Å². The Morgan fingerprint density at radius 3 is 2.61 bits per heavy atom. The van der Waals surface area contributed by atoms with Gasteiger partial charge in [-0.05, 0) is 59.4 Å². The van der Waals surface area contributed by atoms with E-state index in [0.29, 0.717) is 0 Å². The first-order valence-corrected chi connectivity index (χ1v) is 7.84. The molecule has 0 fully saturated rings. The second kappa shape index (κ2) is 5.73. The lowest BCUT2D eigenvalue weighted by Gasteiger charge is -2.11. The molecule has 0 saturated carbocycles. The van der Waals surface area contributed by atoms with E-state index in [0.717, 1.165) is 29.7 Å². The molecule has 2 nitrogen and oxygen atoms in total. The summed E-state index contributed by atoms with van der Waals surface area (Å²) >= 11 is 0. The summed E-state index contributed by atoms with van der Waals surface area (Å²) in [5.74, 6) is 0.280. The van der Waals surface area contributed by atoms with E-state index in [1.165, 1.54) is 16.7 Å². The molecule has 2 heteroatoms. The van der Waals surface area contributed by atoms with Crippen LogP contribution in [-0.2, 0) is 12.8 Å². The molecule has 1 aromatic heterocycles. The zero-order valence-corrected chi connectivity index (χ0v) is 12.7. The first-order valence-electron chi connectivity index (χ1n) is 7.84. The Kier molecular flexibility index (Phi) is 3.43. The van der Waals surface area contributed by atoms with E-state index in [2.05, 4.69) is 41.4 Å². The smallest absolute Gasteiger partial charge is 0.116 e. The maximum Gasteiger partial charge on any atom is 0.116 e. The van der Waals surface area contributed by atoms with Gasteiger partial charge in [-0.25, -0.2) is 0 Å². The SMILES string of the molecule is Oc1cccc(/C=C2\c3ccccc3CCc3cccnc32)c1. The van der Waals surface area contributed by atoms with Gasteiger partial charge in [-0.15, -0.1) is 0 Å². The molecule has 0 bridgehead atoms. The molecule has 0 amide bonds. The number of nitrogens with zero attached hydrogens (tertiary/aromatic N) is 1. The lowest BCUT2D eigenvalue weighted by Crippen LogP contribution is -1.95. The Labute approximate surface area is 135 Å². The molecule has 0 saturated heterocycles. The second-order valence-corrected chi connectivity index (χ2v) is 5.82. The average molecular weight is 299 g/mol. The first-order chi connectivity index (χ1) is 11.3. The fourth-order valence-electron chi connectivity index (χ4n) is 3.21. The van der Waals surface area contributed by atoms with Crippen molar-refractivity contribution in [3.63, 3.8) is 0 Å². The number of hydrogen-bond donors (Lipinski definition) is 1. The highest BCUT2D eigenvalue weighted by atomic mass is 16.3. The summed E-state index contributed by atoms with van der Waals surface area (Å²) in [6, 6.07) is 20.0. The van der Waals surface area contributed by atoms with Crippen molar-refractivity contribution in [2.24, 2.45) is 0 Å². The molecule has 0 aliphatic heterocycles. The van der Waals surface area contributed by atoms with Crippen LogP contribution in [0.1, 0.15) is 27.9 Å². The summed E-state index contributed by atoms with van der Waals surface area (Å²) in [4.78, 5) is 4.65. The number of benzene rings is 2. The predicted octanol–water partition coefficient (Wildman–Crippen LogP) is 4.47. The fourth-order valence-corrected chi connectivity index (χ4v) is 3.21. The summed E-state index contributed by atoms with van der Waals surface area (Å²) in [6.45, 7) is 0. The number of phenols is 1. The van der Waals surface area contributed by atoms with E-state index >= 15 is 0 Å². The maximum absolute atomic E-state index is 9.74. The van der Waals surface area contributed by atoms with Gasteiger partial charge in [0, 0.05) is 11.8 Å². The van der Waals surface area contributed by atoms with Gasteiger partial charge in [0.25, 0.3) is 0 Å². The minimum absolute atomic E-state index is 0.280. The Hall–Kier alpha value is -2.87. The number of aryl methyl sites for hydroxylation is 2. The highest BCUT2D eigenvalue weighted by Gasteiger charge is 2.18. The zero-order valence-electron chi connectivity index (χ0n) is 12.7. The topological polar surface area (TPSA) is 33.1 Å². The third-order valence-electron chi connectivity index (χ3n) is 4.30. The third kappa shape index (κ3) is 2.64. The molecule has 0 unspecified atom stereocenters. The quantitative estimate of drug-likeness (QED) is 0.719. The molecule has 112 valence electrons. The number of pyridine rings is 1. The molecule has 0 spiro atoms. The van der Waals surface area contributed by atoms with Gasteiger partial charge in [0.2, 0.25) is 0 Å². The number of phenolic OH excluding ortho intramolecular Hbond substituents is 1. The van der Waals surface area contributed by atoms with Crippen molar-refractivity contribution < 1.29 is 5.11 Å². The minimum Gasteiger partial charge on any atom is -0.508 e. The standard InChI is InChI=1S/C21H17NO/c23-18-8-3-5-15(13-18)14-20-19-9-2-1-6-16(19)10-11-17-7-4-12-22-21(17)20/h1-9,12-14,23H,10-11H2/b20-14+. The van der Waals surface area contributed by atoms with Crippen molar-refractivity contribution >= 4 is 11.6 Å². The lowest BCUT2D eigenvalue weighted by molar-refractivity contribution is 0.475. The summed E-state index contributed by atoms with van der Waals surface area (Å²) < 4.78 is 0. The minimum atomic E-state index is 0.280. The van der Waals surface area contributed by atoms with Gasteiger partial charge < -0.3 is 5.11 Å². The first kappa shape index (κ1) is 13.8. The molecule has 1 aliphatic carbocycles. The third-order valence-corrected chi connectivity index (χ3v) is 4.30. The van der Waals surface area contributed by atoms with Gasteiger partial charge in [0.15, 0.2) is 0 Å². The summed E-state index contributed by atoms with van der Waals surface area (Å²) in [6.07, 6.45) is 5.99. The van der Waals surface area contributed by atoms with Crippen molar-refractivity contribution in [2.75, 3.05) is 0 Å². The Morgan fingerprint density at radius 2 is 1.70 bits per heavy atom. The highest BCUT2D eigenvalue weighted by Crippen LogP contribution is 2.33. The van der Waals surface area contributed by atoms with E-state index in [4.69, 9.17) is 0 Å². The lowest BCUT2D eigenvalue weighted by atomic mass is 9.95. The van der Waals surface area contributed by atoms with Crippen LogP contribution in [0.5, 0.6) is 5.75 Å². The Bertz CT molecular complexity index is 846. The molecule has 1 aliphatic rings. The van der Waals surface area contributed by atoms with Gasteiger partial charge in [-0.2, -0.15) is 0 Å². The van der Waals surface area contributed by atoms with Crippen molar-refractivity contribution in [1.82, 2.24) is 4.98 Å². The predicted molar refractivity (Wildman–Crippen MR) is 93.2 cm³/mol. The number of aromatic hydroxyl groups is 1. The van der Waals surface area contributed by atoms with E-state index in [-0.39, 0.29) is 5.75 Å². The van der Waals surface area contributed by atoms with Crippen LogP contribution in [0.3, 0.4) is 0 Å².